The SMILES string of the molecule is CN(C)c1nc(N2CCCCC2)ncc1NC(=O)c1cc(=O)c2ccccc2o1. The summed E-state index contributed by atoms with van der Waals surface area (Å²) in [6, 6.07) is 8.04. The van der Waals surface area contributed by atoms with E-state index in [0.29, 0.717) is 28.4 Å². The molecule has 1 aliphatic rings. The smallest absolute Gasteiger partial charge is 0.291 e. The highest BCUT2D eigenvalue weighted by Gasteiger charge is 2.19. The third kappa shape index (κ3) is 3.91. The number of aromatic nitrogens is 2. The third-order valence-electron chi connectivity index (χ3n) is 4.93. The van der Waals surface area contributed by atoms with Gasteiger partial charge in [-0.15, -0.1) is 0 Å². The topological polar surface area (TPSA) is 91.6 Å². The van der Waals surface area contributed by atoms with Crippen LogP contribution in [0.2, 0.25) is 0 Å². The molecule has 1 saturated heterocycles. The first-order valence-corrected chi connectivity index (χ1v) is 9.66. The van der Waals surface area contributed by atoms with Gasteiger partial charge in [-0.1, -0.05) is 12.1 Å². The maximum atomic E-state index is 12.7. The fourth-order valence-corrected chi connectivity index (χ4v) is 3.44. The lowest BCUT2D eigenvalue weighted by Gasteiger charge is -2.28. The van der Waals surface area contributed by atoms with Gasteiger partial charge in [0.2, 0.25) is 5.95 Å². The molecule has 0 unspecified atom stereocenters. The summed E-state index contributed by atoms with van der Waals surface area (Å²) in [6.45, 7) is 1.86. The second-order valence-electron chi connectivity index (χ2n) is 7.27. The Hall–Kier alpha value is -3.42. The van der Waals surface area contributed by atoms with E-state index >= 15 is 0 Å². The molecule has 0 spiro atoms. The van der Waals surface area contributed by atoms with E-state index in [1.165, 1.54) is 12.5 Å². The number of benzene rings is 1. The standard InChI is InChI=1S/C21H23N5O3/c1-25(2)19-15(13-22-21(24-19)26-10-6-3-7-11-26)23-20(28)18-12-16(27)14-8-4-5-9-17(14)29-18/h4-5,8-9,12-13H,3,6-7,10-11H2,1-2H3,(H,23,28). The number of hydrogen-bond donors (Lipinski definition) is 1. The minimum Gasteiger partial charge on any atom is -0.451 e. The van der Waals surface area contributed by atoms with Gasteiger partial charge in [-0.05, 0) is 31.4 Å². The average molecular weight is 393 g/mol. The zero-order valence-corrected chi connectivity index (χ0v) is 16.5. The Labute approximate surface area is 168 Å². The summed E-state index contributed by atoms with van der Waals surface area (Å²) < 4.78 is 5.62. The molecule has 0 atom stereocenters. The van der Waals surface area contributed by atoms with Crippen LogP contribution in [0.25, 0.3) is 11.0 Å². The maximum Gasteiger partial charge on any atom is 0.291 e. The molecule has 8 heteroatoms. The summed E-state index contributed by atoms with van der Waals surface area (Å²) in [5, 5.41) is 3.21. The molecule has 150 valence electrons. The summed E-state index contributed by atoms with van der Waals surface area (Å²) in [7, 11) is 3.71. The highest BCUT2D eigenvalue weighted by atomic mass is 16.3. The number of piperidine rings is 1. The van der Waals surface area contributed by atoms with Crippen LogP contribution < -0.4 is 20.5 Å². The molecular formula is C21H23N5O3. The van der Waals surface area contributed by atoms with Crippen molar-refractivity contribution in [1.29, 1.82) is 0 Å². The number of fused-ring (bicyclic) bond motifs is 1. The Morgan fingerprint density at radius 2 is 1.93 bits per heavy atom. The molecule has 1 N–H and O–H groups in total. The van der Waals surface area contributed by atoms with E-state index in [1.54, 1.807) is 30.5 Å². The van der Waals surface area contributed by atoms with Crippen molar-refractivity contribution in [1.82, 2.24) is 9.97 Å². The highest BCUT2D eigenvalue weighted by Crippen LogP contribution is 2.26. The molecule has 0 bridgehead atoms. The number of nitrogens with zero attached hydrogens (tertiary/aromatic N) is 4. The number of anilines is 3. The van der Waals surface area contributed by atoms with Gasteiger partial charge in [0.05, 0.1) is 11.6 Å². The Kier molecular flexibility index (Phi) is 5.16. The van der Waals surface area contributed by atoms with Crippen molar-refractivity contribution in [2.75, 3.05) is 42.3 Å². The van der Waals surface area contributed by atoms with Gasteiger partial charge in [0.25, 0.3) is 5.91 Å². The lowest BCUT2D eigenvalue weighted by molar-refractivity contribution is 0.0997. The van der Waals surface area contributed by atoms with Crippen molar-refractivity contribution < 1.29 is 9.21 Å². The zero-order chi connectivity index (χ0) is 20.4. The number of carbonyl (C=O) groups is 1. The van der Waals surface area contributed by atoms with Crippen LogP contribution in [0.4, 0.5) is 17.5 Å². The molecule has 3 heterocycles. The fourth-order valence-electron chi connectivity index (χ4n) is 3.44. The van der Waals surface area contributed by atoms with Crippen LogP contribution in [-0.2, 0) is 0 Å². The monoisotopic (exact) mass is 393 g/mol. The molecule has 29 heavy (non-hydrogen) atoms. The minimum atomic E-state index is -0.523. The van der Waals surface area contributed by atoms with Crippen molar-refractivity contribution in [3.63, 3.8) is 0 Å². The highest BCUT2D eigenvalue weighted by molar-refractivity contribution is 6.04. The molecule has 0 radical (unpaired) electrons. The van der Waals surface area contributed by atoms with Crippen molar-refractivity contribution in [2.45, 2.75) is 19.3 Å². The number of hydrogen-bond acceptors (Lipinski definition) is 7. The largest absolute Gasteiger partial charge is 0.451 e. The predicted molar refractivity (Wildman–Crippen MR) is 113 cm³/mol. The lowest BCUT2D eigenvalue weighted by atomic mass is 10.1. The van der Waals surface area contributed by atoms with E-state index < -0.39 is 5.91 Å². The van der Waals surface area contributed by atoms with Gasteiger partial charge in [0.15, 0.2) is 17.0 Å². The van der Waals surface area contributed by atoms with Crippen LogP contribution in [0.5, 0.6) is 0 Å². The third-order valence-corrected chi connectivity index (χ3v) is 4.93. The number of amides is 1. The van der Waals surface area contributed by atoms with E-state index in [0.717, 1.165) is 25.9 Å². The van der Waals surface area contributed by atoms with Gasteiger partial charge in [-0.25, -0.2) is 4.98 Å². The quantitative estimate of drug-likeness (QED) is 0.729. The second-order valence-corrected chi connectivity index (χ2v) is 7.27. The van der Waals surface area contributed by atoms with Gasteiger partial charge in [-0.3, -0.25) is 9.59 Å². The summed E-state index contributed by atoms with van der Waals surface area (Å²) in [6.07, 6.45) is 5.08. The molecule has 0 aliphatic carbocycles. The Morgan fingerprint density at radius 3 is 2.69 bits per heavy atom. The van der Waals surface area contributed by atoms with E-state index in [1.807, 2.05) is 19.0 Å². The van der Waals surface area contributed by atoms with Crippen molar-refractivity contribution in [3.05, 3.63) is 52.5 Å². The Balaban J connectivity index is 1.63. The fraction of sp³-hybridized carbons (Fsp3) is 0.333. The molecule has 1 aromatic carbocycles. The van der Waals surface area contributed by atoms with Crippen LogP contribution in [0.1, 0.15) is 29.8 Å². The predicted octanol–water partition coefficient (Wildman–Crippen LogP) is 2.89. The molecule has 3 aromatic rings. The lowest BCUT2D eigenvalue weighted by Crippen LogP contribution is -2.31. The number of para-hydroxylation sites is 1. The van der Waals surface area contributed by atoms with Crippen molar-refractivity contribution >= 4 is 34.3 Å². The minimum absolute atomic E-state index is 0.0569. The van der Waals surface area contributed by atoms with Crippen LogP contribution in [0, 0.1) is 0 Å². The summed E-state index contributed by atoms with van der Waals surface area (Å²) >= 11 is 0. The summed E-state index contributed by atoms with van der Waals surface area (Å²) in [5.41, 5.74) is 0.563. The van der Waals surface area contributed by atoms with Crippen LogP contribution >= 0.6 is 0 Å². The van der Waals surface area contributed by atoms with Crippen LogP contribution in [0.3, 0.4) is 0 Å². The first kappa shape index (κ1) is 18.9. The van der Waals surface area contributed by atoms with Crippen molar-refractivity contribution in [3.8, 4) is 0 Å². The molecule has 1 aliphatic heterocycles. The molecule has 1 fully saturated rings. The summed E-state index contributed by atoms with van der Waals surface area (Å²) in [4.78, 5) is 38.1. The maximum absolute atomic E-state index is 12.7. The zero-order valence-electron chi connectivity index (χ0n) is 16.5. The van der Waals surface area contributed by atoms with E-state index in [9.17, 15) is 9.59 Å². The van der Waals surface area contributed by atoms with Crippen LogP contribution in [0.15, 0.2) is 45.7 Å². The second kappa shape index (κ2) is 7.90. The van der Waals surface area contributed by atoms with E-state index in [4.69, 9.17) is 4.42 Å². The van der Waals surface area contributed by atoms with Gasteiger partial charge in [0.1, 0.15) is 11.3 Å². The van der Waals surface area contributed by atoms with Gasteiger partial charge in [0, 0.05) is 33.3 Å². The molecular weight excluding hydrogens is 370 g/mol. The number of carbonyl (C=O) groups excluding carboxylic acids is 1. The molecule has 8 nitrogen and oxygen atoms in total. The van der Waals surface area contributed by atoms with Crippen molar-refractivity contribution in [2.24, 2.45) is 0 Å². The van der Waals surface area contributed by atoms with E-state index in [2.05, 4.69) is 20.2 Å². The van der Waals surface area contributed by atoms with Gasteiger partial charge >= 0.3 is 0 Å². The van der Waals surface area contributed by atoms with Gasteiger partial charge < -0.3 is 19.5 Å². The number of nitrogens with one attached hydrogen (secondary N) is 1. The van der Waals surface area contributed by atoms with E-state index in [-0.39, 0.29) is 11.2 Å². The molecule has 0 saturated carbocycles. The first-order chi connectivity index (χ1) is 14.0. The summed E-state index contributed by atoms with van der Waals surface area (Å²) in [5.74, 6) is 0.671. The normalized spacial score (nSPS) is 14.1. The molecule has 2 aromatic heterocycles. The number of rotatable bonds is 4. The Morgan fingerprint density at radius 1 is 1.17 bits per heavy atom. The van der Waals surface area contributed by atoms with Gasteiger partial charge in [-0.2, -0.15) is 4.98 Å². The average Bonchev–Trinajstić information content (AvgIpc) is 2.74. The van der Waals surface area contributed by atoms with Crippen LogP contribution in [-0.4, -0.2) is 43.1 Å². The molecule has 4 rings (SSSR count). The first-order valence-electron chi connectivity index (χ1n) is 9.66. The molecule has 1 amide bonds. The Bertz CT molecular complexity index is 1100.